The highest BCUT2D eigenvalue weighted by Crippen LogP contribution is 2.22. The molecule has 0 saturated heterocycles. The van der Waals surface area contributed by atoms with Crippen LogP contribution in [0.15, 0.2) is 35.4 Å². The Balaban J connectivity index is 1.87. The normalized spacial score (nSPS) is 14.9. The molecule has 0 bridgehead atoms. The van der Waals surface area contributed by atoms with Gasteiger partial charge in [0.1, 0.15) is 0 Å². The molecule has 21 heavy (non-hydrogen) atoms. The Hall–Kier alpha value is -1.70. The van der Waals surface area contributed by atoms with Crippen molar-refractivity contribution < 1.29 is 8.42 Å². The molecule has 7 heteroatoms. The lowest BCUT2D eigenvalue weighted by molar-refractivity contribution is 0.572. The van der Waals surface area contributed by atoms with Crippen LogP contribution in [0, 0.1) is 0 Å². The third-order valence-corrected chi connectivity index (χ3v) is 5.24. The lowest BCUT2D eigenvalue weighted by atomic mass is 10.0. The number of hydrogen-bond donors (Lipinski definition) is 2. The number of nitrogens with zero attached hydrogens (tertiary/aromatic N) is 2. The van der Waals surface area contributed by atoms with Gasteiger partial charge in [-0.15, -0.1) is 0 Å². The summed E-state index contributed by atoms with van der Waals surface area (Å²) < 4.78 is 29.4. The minimum atomic E-state index is -3.51. The minimum Gasteiger partial charge on any atom is -0.312 e. The van der Waals surface area contributed by atoms with Gasteiger partial charge in [-0.3, -0.25) is 4.68 Å². The van der Waals surface area contributed by atoms with E-state index < -0.39 is 10.0 Å². The van der Waals surface area contributed by atoms with Gasteiger partial charge in [0, 0.05) is 19.8 Å². The molecule has 1 aromatic heterocycles. The molecular weight excluding hydrogens is 288 g/mol. The number of benzene rings is 1. The fraction of sp³-hybridized carbons (Fsp3) is 0.357. The highest BCUT2D eigenvalue weighted by molar-refractivity contribution is 7.89. The van der Waals surface area contributed by atoms with Crippen molar-refractivity contribution in [1.82, 2.24) is 19.8 Å². The highest BCUT2D eigenvalue weighted by atomic mass is 32.2. The molecule has 0 saturated carbocycles. The number of sulfonamides is 1. The molecule has 6 nitrogen and oxygen atoms in total. The van der Waals surface area contributed by atoms with Gasteiger partial charge in [0.05, 0.1) is 17.1 Å². The lowest BCUT2D eigenvalue weighted by Crippen LogP contribution is -2.29. The maximum atomic E-state index is 12.5. The van der Waals surface area contributed by atoms with Gasteiger partial charge in [-0.25, -0.2) is 13.1 Å². The molecule has 112 valence electrons. The number of nitrogens with one attached hydrogen (secondary N) is 2. The molecule has 0 radical (unpaired) electrons. The topological polar surface area (TPSA) is 76.0 Å². The average Bonchev–Trinajstić information content (AvgIpc) is 2.90. The van der Waals surface area contributed by atoms with Crippen molar-refractivity contribution in [3.8, 4) is 0 Å². The summed E-state index contributed by atoms with van der Waals surface area (Å²) in [5, 5.41) is 7.29. The van der Waals surface area contributed by atoms with E-state index in [2.05, 4.69) is 15.1 Å². The molecule has 2 heterocycles. The van der Waals surface area contributed by atoms with E-state index in [-0.39, 0.29) is 6.54 Å². The molecule has 1 aliphatic heterocycles. The molecule has 0 amide bonds. The van der Waals surface area contributed by atoms with Crippen LogP contribution >= 0.6 is 0 Å². The van der Waals surface area contributed by atoms with Crippen LogP contribution < -0.4 is 10.0 Å². The zero-order valence-electron chi connectivity index (χ0n) is 11.8. The molecule has 2 N–H and O–H groups in total. The van der Waals surface area contributed by atoms with Crippen molar-refractivity contribution in [3.63, 3.8) is 0 Å². The average molecular weight is 306 g/mol. The van der Waals surface area contributed by atoms with Crippen molar-refractivity contribution in [2.75, 3.05) is 6.54 Å². The van der Waals surface area contributed by atoms with Crippen LogP contribution in [0.5, 0.6) is 0 Å². The van der Waals surface area contributed by atoms with Crippen LogP contribution in [-0.4, -0.2) is 24.7 Å². The predicted molar refractivity (Wildman–Crippen MR) is 79.1 cm³/mol. The molecule has 1 aromatic carbocycles. The third kappa shape index (κ3) is 2.85. The SMILES string of the molecule is Cn1nccc1CNS(=O)(=O)c1cccc2c1CCNC2. The van der Waals surface area contributed by atoms with Crippen LogP contribution in [0.4, 0.5) is 0 Å². The largest absolute Gasteiger partial charge is 0.312 e. The fourth-order valence-electron chi connectivity index (χ4n) is 2.57. The molecule has 2 aromatic rings. The Kier molecular flexibility index (Phi) is 3.79. The van der Waals surface area contributed by atoms with Crippen LogP contribution in [-0.2, 0) is 36.6 Å². The summed E-state index contributed by atoms with van der Waals surface area (Å²) in [5.41, 5.74) is 2.81. The zero-order valence-corrected chi connectivity index (χ0v) is 12.7. The predicted octanol–water partition coefficient (Wildman–Crippen LogP) is 0.544. The number of hydrogen-bond acceptors (Lipinski definition) is 4. The van der Waals surface area contributed by atoms with Gasteiger partial charge in [-0.2, -0.15) is 5.10 Å². The maximum absolute atomic E-state index is 12.5. The summed E-state index contributed by atoms with van der Waals surface area (Å²) in [6.07, 6.45) is 2.39. The summed E-state index contributed by atoms with van der Waals surface area (Å²) in [7, 11) is -1.72. The summed E-state index contributed by atoms with van der Waals surface area (Å²) in [4.78, 5) is 0.392. The third-order valence-electron chi connectivity index (χ3n) is 3.75. The Bertz CT molecular complexity index is 752. The highest BCUT2D eigenvalue weighted by Gasteiger charge is 2.22. The Morgan fingerprint density at radius 2 is 2.24 bits per heavy atom. The Morgan fingerprint density at radius 3 is 3.00 bits per heavy atom. The van der Waals surface area contributed by atoms with Gasteiger partial charge in [0.15, 0.2) is 0 Å². The number of rotatable bonds is 4. The van der Waals surface area contributed by atoms with E-state index in [1.165, 1.54) is 0 Å². The van der Waals surface area contributed by atoms with E-state index in [0.29, 0.717) is 4.90 Å². The molecule has 0 unspecified atom stereocenters. The van der Waals surface area contributed by atoms with Crippen molar-refractivity contribution in [2.45, 2.75) is 24.4 Å². The molecule has 0 atom stereocenters. The van der Waals surface area contributed by atoms with Gasteiger partial charge in [-0.05, 0) is 36.2 Å². The Morgan fingerprint density at radius 1 is 1.38 bits per heavy atom. The fourth-order valence-corrected chi connectivity index (χ4v) is 3.88. The minimum absolute atomic E-state index is 0.237. The van der Waals surface area contributed by atoms with Gasteiger partial charge >= 0.3 is 0 Å². The summed E-state index contributed by atoms with van der Waals surface area (Å²) in [6.45, 7) is 1.77. The standard InChI is InChI=1S/C14H18N4O2S/c1-18-12(5-8-16-18)10-17-21(19,20)14-4-2-3-11-9-15-7-6-13(11)14/h2-5,8,15,17H,6-7,9-10H2,1H3. The molecular formula is C14H18N4O2S. The van der Waals surface area contributed by atoms with Gasteiger partial charge in [0.25, 0.3) is 0 Å². The summed E-state index contributed by atoms with van der Waals surface area (Å²) in [6, 6.07) is 7.24. The van der Waals surface area contributed by atoms with E-state index in [4.69, 9.17) is 0 Å². The van der Waals surface area contributed by atoms with Gasteiger partial charge in [-0.1, -0.05) is 12.1 Å². The Labute approximate surface area is 124 Å². The van der Waals surface area contributed by atoms with Crippen LogP contribution in [0.25, 0.3) is 0 Å². The number of aryl methyl sites for hydroxylation is 1. The number of aromatic nitrogens is 2. The van der Waals surface area contributed by atoms with Crippen LogP contribution in [0.1, 0.15) is 16.8 Å². The smallest absolute Gasteiger partial charge is 0.241 e. The monoisotopic (exact) mass is 306 g/mol. The van der Waals surface area contributed by atoms with Crippen molar-refractivity contribution in [2.24, 2.45) is 7.05 Å². The van der Waals surface area contributed by atoms with Crippen LogP contribution in [0.2, 0.25) is 0 Å². The molecule has 1 aliphatic rings. The first-order valence-corrected chi connectivity index (χ1v) is 8.34. The number of fused-ring (bicyclic) bond motifs is 1. The molecule has 0 aliphatic carbocycles. The lowest BCUT2D eigenvalue weighted by Gasteiger charge is -2.20. The van der Waals surface area contributed by atoms with Gasteiger partial charge in [0.2, 0.25) is 10.0 Å². The quantitative estimate of drug-likeness (QED) is 0.865. The molecule has 0 fully saturated rings. The van der Waals surface area contributed by atoms with Gasteiger partial charge < -0.3 is 5.32 Å². The van der Waals surface area contributed by atoms with Crippen molar-refractivity contribution in [1.29, 1.82) is 0 Å². The first kappa shape index (κ1) is 14.2. The zero-order chi connectivity index (χ0) is 14.9. The molecule has 0 spiro atoms. The second-order valence-corrected chi connectivity index (χ2v) is 6.83. The van der Waals surface area contributed by atoms with E-state index >= 15 is 0 Å². The maximum Gasteiger partial charge on any atom is 0.241 e. The second kappa shape index (κ2) is 5.59. The summed E-state index contributed by atoms with van der Waals surface area (Å²) >= 11 is 0. The van der Waals surface area contributed by atoms with E-state index in [1.54, 1.807) is 36.1 Å². The first-order chi connectivity index (χ1) is 10.1. The molecule has 3 rings (SSSR count). The second-order valence-electron chi connectivity index (χ2n) is 5.09. The van der Waals surface area contributed by atoms with E-state index in [9.17, 15) is 8.42 Å². The van der Waals surface area contributed by atoms with E-state index in [1.807, 2.05) is 6.07 Å². The van der Waals surface area contributed by atoms with E-state index in [0.717, 1.165) is 36.3 Å². The van der Waals surface area contributed by atoms with Crippen molar-refractivity contribution in [3.05, 3.63) is 47.3 Å². The summed E-state index contributed by atoms with van der Waals surface area (Å²) in [5.74, 6) is 0. The first-order valence-electron chi connectivity index (χ1n) is 6.86. The van der Waals surface area contributed by atoms with Crippen molar-refractivity contribution >= 4 is 10.0 Å². The van der Waals surface area contributed by atoms with Crippen LogP contribution in [0.3, 0.4) is 0 Å².